The Morgan fingerprint density at radius 1 is 1.38 bits per heavy atom. The molecule has 2 aliphatic rings. The zero-order valence-corrected chi connectivity index (χ0v) is 7.77. The topological polar surface area (TPSA) is 42.7 Å². The first-order chi connectivity index (χ1) is 6.33. The Labute approximate surface area is 77.3 Å². The van der Waals surface area contributed by atoms with Crippen LogP contribution in [-0.4, -0.2) is 21.0 Å². The van der Waals surface area contributed by atoms with Gasteiger partial charge in [0.05, 0.1) is 6.20 Å². The van der Waals surface area contributed by atoms with Crippen molar-refractivity contribution in [2.75, 3.05) is 5.32 Å². The van der Waals surface area contributed by atoms with Gasteiger partial charge >= 0.3 is 0 Å². The van der Waals surface area contributed by atoms with Crippen LogP contribution in [0.3, 0.4) is 0 Å². The van der Waals surface area contributed by atoms with Gasteiger partial charge in [0, 0.05) is 13.1 Å². The molecule has 70 valence electrons. The predicted molar refractivity (Wildman–Crippen MR) is 49.2 cm³/mol. The van der Waals surface area contributed by atoms with Crippen molar-refractivity contribution in [1.29, 1.82) is 0 Å². The largest absolute Gasteiger partial charge is 0.366 e. The lowest BCUT2D eigenvalue weighted by Crippen LogP contribution is -2.18. The quantitative estimate of drug-likeness (QED) is 0.735. The molecular formula is C9H14N4. The molecule has 4 nitrogen and oxygen atoms in total. The number of fused-ring (bicyclic) bond motifs is 1. The Hall–Kier alpha value is -1.06. The summed E-state index contributed by atoms with van der Waals surface area (Å²) in [6.07, 6.45) is 5.96. The molecule has 1 aromatic heterocycles. The number of aromatic nitrogens is 3. The minimum absolute atomic E-state index is 0.668. The van der Waals surface area contributed by atoms with Gasteiger partial charge in [-0.3, -0.25) is 0 Å². The summed E-state index contributed by atoms with van der Waals surface area (Å²) in [5, 5.41) is 11.2. The van der Waals surface area contributed by atoms with E-state index in [-0.39, 0.29) is 0 Å². The maximum atomic E-state index is 3.89. The van der Waals surface area contributed by atoms with Gasteiger partial charge in [0.25, 0.3) is 0 Å². The Kier molecular flexibility index (Phi) is 1.39. The highest BCUT2D eigenvalue weighted by molar-refractivity contribution is 5.33. The Bertz CT molecular complexity index is 309. The van der Waals surface area contributed by atoms with Crippen LogP contribution in [0.1, 0.15) is 19.3 Å². The highest BCUT2D eigenvalue weighted by Gasteiger charge is 2.45. The molecule has 2 saturated carbocycles. The second-order valence-corrected chi connectivity index (χ2v) is 4.31. The second-order valence-electron chi connectivity index (χ2n) is 4.31. The van der Waals surface area contributed by atoms with Crippen molar-refractivity contribution >= 4 is 5.82 Å². The number of anilines is 1. The molecule has 1 heterocycles. The van der Waals surface area contributed by atoms with Crippen molar-refractivity contribution in [3.05, 3.63) is 6.20 Å². The second kappa shape index (κ2) is 2.47. The van der Waals surface area contributed by atoms with E-state index in [4.69, 9.17) is 0 Å². The van der Waals surface area contributed by atoms with E-state index in [1.807, 2.05) is 7.05 Å². The van der Waals surface area contributed by atoms with Crippen LogP contribution in [0.5, 0.6) is 0 Å². The smallest absolute Gasteiger partial charge is 0.144 e. The highest BCUT2D eigenvalue weighted by Crippen LogP contribution is 2.52. The number of rotatable bonds is 2. The van der Waals surface area contributed by atoms with E-state index in [0.717, 1.165) is 17.7 Å². The fraction of sp³-hybridized carbons (Fsp3) is 0.778. The van der Waals surface area contributed by atoms with E-state index in [1.54, 1.807) is 10.9 Å². The Morgan fingerprint density at radius 2 is 2.15 bits per heavy atom. The molecular weight excluding hydrogens is 164 g/mol. The molecule has 3 rings (SSSR count). The third-order valence-electron chi connectivity index (χ3n) is 3.31. The molecule has 2 fully saturated rings. The van der Waals surface area contributed by atoms with Crippen LogP contribution in [-0.2, 0) is 7.05 Å². The van der Waals surface area contributed by atoms with Crippen molar-refractivity contribution in [2.24, 2.45) is 18.9 Å². The average Bonchev–Trinajstić information content (AvgIpc) is 2.55. The summed E-state index contributed by atoms with van der Waals surface area (Å²) < 4.78 is 1.80. The molecule has 13 heavy (non-hydrogen) atoms. The molecule has 1 aromatic rings. The van der Waals surface area contributed by atoms with Crippen molar-refractivity contribution in [1.82, 2.24) is 15.0 Å². The van der Waals surface area contributed by atoms with Crippen molar-refractivity contribution in [3.8, 4) is 0 Å². The SMILES string of the molecule is Cn1nncc1NC1CC2CC2C1. The highest BCUT2D eigenvalue weighted by atomic mass is 15.4. The van der Waals surface area contributed by atoms with Gasteiger partial charge in [0.2, 0.25) is 0 Å². The molecule has 4 heteroatoms. The van der Waals surface area contributed by atoms with Crippen LogP contribution in [0.25, 0.3) is 0 Å². The monoisotopic (exact) mass is 178 g/mol. The van der Waals surface area contributed by atoms with Crippen LogP contribution in [0, 0.1) is 11.8 Å². The van der Waals surface area contributed by atoms with Crippen molar-refractivity contribution in [3.63, 3.8) is 0 Å². The Morgan fingerprint density at radius 3 is 2.77 bits per heavy atom. The first-order valence-electron chi connectivity index (χ1n) is 4.94. The van der Waals surface area contributed by atoms with Gasteiger partial charge < -0.3 is 5.32 Å². The van der Waals surface area contributed by atoms with Gasteiger partial charge in [-0.15, -0.1) is 5.10 Å². The van der Waals surface area contributed by atoms with Gasteiger partial charge in [0.15, 0.2) is 0 Å². The molecule has 0 radical (unpaired) electrons. The zero-order valence-electron chi connectivity index (χ0n) is 7.77. The summed E-state index contributed by atoms with van der Waals surface area (Å²) in [6.45, 7) is 0. The maximum absolute atomic E-state index is 3.89. The number of hydrogen-bond acceptors (Lipinski definition) is 3. The minimum atomic E-state index is 0.668. The molecule has 0 bridgehead atoms. The van der Waals surface area contributed by atoms with Gasteiger partial charge in [-0.05, 0) is 31.1 Å². The standard InChI is InChI=1S/C9H14N4/c1-13-9(5-10-12-13)11-8-3-6-2-7(6)4-8/h5-8,11H,2-4H2,1H3. The molecule has 0 amide bonds. The van der Waals surface area contributed by atoms with Crippen LogP contribution >= 0.6 is 0 Å². The first kappa shape index (κ1) is 7.35. The first-order valence-corrected chi connectivity index (χ1v) is 4.94. The number of nitrogens with zero attached hydrogens (tertiary/aromatic N) is 3. The fourth-order valence-electron chi connectivity index (χ4n) is 2.46. The van der Waals surface area contributed by atoms with E-state index in [2.05, 4.69) is 15.6 Å². The molecule has 0 spiro atoms. The predicted octanol–water partition coefficient (Wildman–Crippen LogP) is 1.03. The summed E-state index contributed by atoms with van der Waals surface area (Å²) in [4.78, 5) is 0. The van der Waals surface area contributed by atoms with Crippen LogP contribution < -0.4 is 5.32 Å². The van der Waals surface area contributed by atoms with E-state index >= 15 is 0 Å². The van der Waals surface area contributed by atoms with Gasteiger partial charge in [0.1, 0.15) is 5.82 Å². The third kappa shape index (κ3) is 1.20. The lowest BCUT2D eigenvalue weighted by Gasteiger charge is -2.14. The normalized spacial score (nSPS) is 35.9. The van der Waals surface area contributed by atoms with E-state index in [0.29, 0.717) is 6.04 Å². The van der Waals surface area contributed by atoms with Gasteiger partial charge in [-0.25, -0.2) is 4.68 Å². The number of nitrogens with one attached hydrogen (secondary N) is 1. The van der Waals surface area contributed by atoms with Crippen molar-refractivity contribution in [2.45, 2.75) is 25.3 Å². The van der Waals surface area contributed by atoms with Crippen molar-refractivity contribution < 1.29 is 0 Å². The average molecular weight is 178 g/mol. The maximum Gasteiger partial charge on any atom is 0.144 e. The fourth-order valence-corrected chi connectivity index (χ4v) is 2.46. The molecule has 2 unspecified atom stereocenters. The van der Waals surface area contributed by atoms with Crippen LogP contribution in [0.15, 0.2) is 6.20 Å². The minimum Gasteiger partial charge on any atom is -0.366 e. The van der Waals surface area contributed by atoms with Gasteiger partial charge in [-0.1, -0.05) is 5.21 Å². The van der Waals surface area contributed by atoms with Crippen LogP contribution in [0.4, 0.5) is 5.82 Å². The van der Waals surface area contributed by atoms with E-state index in [1.165, 1.54) is 19.3 Å². The van der Waals surface area contributed by atoms with E-state index in [9.17, 15) is 0 Å². The summed E-state index contributed by atoms with van der Waals surface area (Å²) in [6, 6.07) is 0.668. The summed E-state index contributed by atoms with van der Waals surface area (Å²) >= 11 is 0. The molecule has 2 aliphatic carbocycles. The molecule has 0 aromatic carbocycles. The van der Waals surface area contributed by atoms with E-state index < -0.39 is 0 Å². The zero-order chi connectivity index (χ0) is 8.84. The molecule has 2 atom stereocenters. The molecule has 0 saturated heterocycles. The van der Waals surface area contributed by atoms with Gasteiger partial charge in [-0.2, -0.15) is 0 Å². The molecule has 1 N–H and O–H groups in total. The summed E-state index contributed by atoms with van der Waals surface area (Å²) in [5.41, 5.74) is 0. The molecule has 0 aliphatic heterocycles. The van der Waals surface area contributed by atoms with Crippen LogP contribution in [0.2, 0.25) is 0 Å². The third-order valence-corrected chi connectivity index (χ3v) is 3.31. The number of hydrogen-bond donors (Lipinski definition) is 1. The lowest BCUT2D eigenvalue weighted by atomic mass is 10.2. The summed E-state index contributed by atoms with van der Waals surface area (Å²) in [7, 11) is 1.92. The lowest BCUT2D eigenvalue weighted by molar-refractivity contribution is 0.634. The number of aryl methyl sites for hydroxylation is 1. The summed E-state index contributed by atoms with van der Waals surface area (Å²) in [5.74, 6) is 3.10. The Balaban J connectivity index is 1.66.